The van der Waals surface area contributed by atoms with E-state index in [9.17, 15) is 8.42 Å². The zero-order chi connectivity index (χ0) is 13.9. The highest BCUT2D eigenvalue weighted by molar-refractivity contribution is 7.89. The Kier molecular flexibility index (Phi) is 4.48. The van der Waals surface area contributed by atoms with Crippen molar-refractivity contribution in [2.24, 2.45) is 7.05 Å². The topological polar surface area (TPSA) is 87.8 Å². The zero-order valence-corrected chi connectivity index (χ0v) is 11.9. The minimum Gasteiger partial charge on any atom is -0.271 e. The van der Waals surface area contributed by atoms with Crippen LogP contribution in [0.25, 0.3) is 0 Å². The van der Waals surface area contributed by atoms with Gasteiger partial charge in [-0.15, -0.1) is 0 Å². The fraction of sp³-hybridized carbons (Fsp3) is 0.636. The number of nitrogens with one attached hydrogen (secondary N) is 1. The van der Waals surface area contributed by atoms with Crippen molar-refractivity contribution in [3.05, 3.63) is 11.4 Å². The summed E-state index contributed by atoms with van der Waals surface area (Å²) in [6.07, 6.45) is 1.24. The SMILES string of the molecule is CCCC(C#N)NS(=O)(=O)c1c(C)nn(C)c1C. The predicted octanol–water partition coefficient (Wildman–Crippen LogP) is 1.01. The molecule has 1 rings (SSSR count). The van der Waals surface area contributed by atoms with Gasteiger partial charge in [0.1, 0.15) is 10.9 Å². The summed E-state index contributed by atoms with van der Waals surface area (Å²) >= 11 is 0. The van der Waals surface area contributed by atoms with E-state index in [2.05, 4.69) is 9.82 Å². The highest BCUT2D eigenvalue weighted by Gasteiger charge is 2.26. The second-order valence-corrected chi connectivity index (χ2v) is 5.87. The summed E-state index contributed by atoms with van der Waals surface area (Å²) in [6.45, 7) is 5.23. The third-order valence-electron chi connectivity index (χ3n) is 2.74. The van der Waals surface area contributed by atoms with Crippen LogP contribution in [0.4, 0.5) is 0 Å². The van der Waals surface area contributed by atoms with Gasteiger partial charge < -0.3 is 0 Å². The Morgan fingerprint density at radius 2 is 2.11 bits per heavy atom. The van der Waals surface area contributed by atoms with Gasteiger partial charge in [0.2, 0.25) is 10.0 Å². The summed E-state index contributed by atoms with van der Waals surface area (Å²) in [5.74, 6) is 0. The van der Waals surface area contributed by atoms with Crippen molar-refractivity contribution in [2.75, 3.05) is 0 Å². The molecule has 0 amide bonds. The van der Waals surface area contributed by atoms with Crippen LogP contribution in [0.15, 0.2) is 4.90 Å². The summed E-state index contributed by atoms with van der Waals surface area (Å²) in [5.41, 5.74) is 1.00. The molecule has 0 aromatic carbocycles. The average Bonchev–Trinajstić information content (AvgIpc) is 2.52. The number of hydrogen-bond acceptors (Lipinski definition) is 4. The largest absolute Gasteiger partial charge is 0.271 e. The first-order chi connectivity index (χ1) is 8.33. The molecule has 0 aliphatic heterocycles. The number of hydrogen-bond donors (Lipinski definition) is 1. The van der Waals surface area contributed by atoms with E-state index in [0.717, 1.165) is 6.42 Å². The smallest absolute Gasteiger partial charge is 0.245 e. The first-order valence-electron chi connectivity index (χ1n) is 5.75. The molecule has 0 radical (unpaired) electrons. The van der Waals surface area contributed by atoms with E-state index in [-0.39, 0.29) is 4.90 Å². The zero-order valence-electron chi connectivity index (χ0n) is 11.1. The standard InChI is InChI=1S/C11H18N4O2S/c1-5-6-10(7-12)14-18(16,17)11-8(2)13-15(4)9(11)3/h10,14H,5-6H2,1-4H3. The van der Waals surface area contributed by atoms with Gasteiger partial charge in [0.15, 0.2) is 0 Å². The quantitative estimate of drug-likeness (QED) is 0.864. The molecule has 1 N–H and O–H groups in total. The highest BCUT2D eigenvalue weighted by atomic mass is 32.2. The molecule has 0 fully saturated rings. The van der Waals surface area contributed by atoms with E-state index in [1.807, 2.05) is 13.0 Å². The van der Waals surface area contributed by atoms with E-state index in [1.165, 1.54) is 4.68 Å². The second kappa shape index (κ2) is 5.50. The minimum atomic E-state index is -3.69. The van der Waals surface area contributed by atoms with E-state index in [1.54, 1.807) is 20.9 Å². The van der Waals surface area contributed by atoms with Crippen LogP contribution in [-0.2, 0) is 17.1 Å². The lowest BCUT2D eigenvalue weighted by Crippen LogP contribution is -2.34. The van der Waals surface area contributed by atoms with Crippen molar-refractivity contribution in [1.82, 2.24) is 14.5 Å². The predicted molar refractivity (Wildman–Crippen MR) is 67.3 cm³/mol. The molecular weight excluding hydrogens is 252 g/mol. The summed E-state index contributed by atoms with van der Waals surface area (Å²) in [7, 11) is -2.00. The summed E-state index contributed by atoms with van der Waals surface area (Å²) in [6, 6.07) is 1.26. The molecule has 0 bridgehead atoms. The number of aryl methyl sites for hydroxylation is 2. The fourth-order valence-corrected chi connectivity index (χ4v) is 3.44. The number of rotatable bonds is 5. The molecular formula is C11H18N4O2S. The first-order valence-corrected chi connectivity index (χ1v) is 7.24. The molecule has 18 heavy (non-hydrogen) atoms. The number of sulfonamides is 1. The van der Waals surface area contributed by atoms with Crippen LogP contribution in [0.3, 0.4) is 0 Å². The maximum atomic E-state index is 12.2. The molecule has 1 aromatic rings. The van der Waals surface area contributed by atoms with Crippen LogP contribution in [-0.4, -0.2) is 24.2 Å². The van der Waals surface area contributed by atoms with Gasteiger partial charge >= 0.3 is 0 Å². The lowest BCUT2D eigenvalue weighted by Gasteiger charge is -2.11. The Bertz CT molecular complexity index is 569. The first kappa shape index (κ1) is 14.7. The van der Waals surface area contributed by atoms with Crippen LogP contribution < -0.4 is 4.72 Å². The van der Waals surface area contributed by atoms with Gasteiger partial charge in [-0.3, -0.25) is 4.68 Å². The minimum absolute atomic E-state index is 0.168. The van der Waals surface area contributed by atoms with Crippen molar-refractivity contribution in [1.29, 1.82) is 5.26 Å². The second-order valence-electron chi connectivity index (χ2n) is 4.22. The summed E-state index contributed by atoms with van der Waals surface area (Å²) in [4.78, 5) is 0.168. The molecule has 100 valence electrons. The molecule has 0 aliphatic rings. The molecule has 0 spiro atoms. The number of nitrogens with zero attached hydrogens (tertiary/aromatic N) is 3. The third kappa shape index (κ3) is 2.89. The van der Waals surface area contributed by atoms with Crippen LogP contribution in [0.2, 0.25) is 0 Å². The van der Waals surface area contributed by atoms with Crippen molar-refractivity contribution in [3.63, 3.8) is 0 Å². The van der Waals surface area contributed by atoms with Gasteiger partial charge in [-0.05, 0) is 20.3 Å². The lowest BCUT2D eigenvalue weighted by molar-refractivity contribution is 0.561. The molecule has 0 saturated heterocycles. The van der Waals surface area contributed by atoms with Gasteiger partial charge in [-0.2, -0.15) is 15.1 Å². The van der Waals surface area contributed by atoms with Crippen molar-refractivity contribution in [3.8, 4) is 6.07 Å². The van der Waals surface area contributed by atoms with E-state index in [0.29, 0.717) is 17.8 Å². The lowest BCUT2D eigenvalue weighted by atomic mass is 10.2. The summed E-state index contributed by atoms with van der Waals surface area (Å²) < 4.78 is 28.4. The Morgan fingerprint density at radius 1 is 1.50 bits per heavy atom. The van der Waals surface area contributed by atoms with E-state index in [4.69, 9.17) is 5.26 Å². The maximum absolute atomic E-state index is 12.2. The maximum Gasteiger partial charge on any atom is 0.245 e. The highest BCUT2D eigenvalue weighted by Crippen LogP contribution is 2.19. The monoisotopic (exact) mass is 270 g/mol. The Morgan fingerprint density at radius 3 is 2.50 bits per heavy atom. The van der Waals surface area contributed by atoms with Gasteiger partial charge in [0.25, 0.3) is 0 Å². The Hall–Kier alpha value is -1.39. The van der Waals surface area contributed by atoms with Gasteiger partial charge in [0, 0.05) is 7.05 Å². The molecule has 6 nitrogen and oxygen atoms in total. The third-order valence-corrected chi connectivity index (χ3v) is 4.47. The molecule has 1 aromatic heterocycles. The Labute approximate surface area is 108 Å². The number of nitriles is 1. The van der Waals surface area contributed by atoms with Crippen molar-refractivity contribution in [2.45, 2.75) is 44.6 Å². The molecule has 0 aliphatic carbocycles. The molecule has 7 heteroatoms. The van der Waals surface area contributed by atoms with Crippen LogP contribution in [0.1, 0.15) is 31.2 Å². The van der Waals surface area contributed by atoms with Crippen LogP contribution in [0.5, 0.6) is 0 Å². The van der Waals surface area contributed by atoms with Gasteiger partial charge in [-0.1, -0.05) is 13.3 Å². The van der Waals surface area contributed by atoms with E-state index < -0.39 is 16.1 Å². The van der Waals surface area contributed by atoms with Gasteiger partial charge in [-0.25, -0.2) is 8.42 Å². The number of aromatic nitrogens is 2. The molecule has 1 heterocycles. The fourth-order valence-electron chi connectivity index (χ4n) is 1.83. The van der Waals surface area contributed by atoms with Crippen molar-refractivity contribution < 1.29 is 8.42 Å². The van der Waals surface area contributed by atoms with Crippen LogP contribution >= 0.6 is 0 Å². The molecule has 1 unspecified atom stereocenters. The van der Waals surface area contributed by atoms with Crippen molar-refractivity contribution >= 4 is 10.0 Å². The van der Waals surface area contributed by atoms with Gasteiger partial charge in [0.05, 0.1) is 17.5 Å². The molecule has 0 saturated carbocycles. The Balaban J connectivity index is 3.11. The molecule has 1 atom stereocenters. The van der Waals surface area contributed by atoms with Crippen LogP contribution in [0, 0.1) is 25.2 Å². The van der Waals surface area contributed by atoms with E-state index >= 15 is 0 Å². The normalized spacial score (nSPS) is 13.3. The summed E-state index contributed by atoms with van der Waals surface area (Å²) in [5, 5.41) is 13.0. The average molecular weight is 270 g/mol.